The number of nitrogens with zero attached hydrogens (tertiary/aromatic N) is 1. The highest BCUT2D eigenvalue weighted by Gasteiger charge is 2.38. The molecule has 96 valence electrons. The number of hydrogen-bond acceptors (Lipinski definition) is 3. The van der Waals surface area contributed by atoms with Gasteiger partial charge in [0.25, 0.3) is 0 Å². The van der Waals surface area contributed by atoms with E-state index in [2.05, 4.69) is 5.32 Å². The van der Waals surface area contributed by atoms with Gasteiger partial charge in [-0.15, -0.1) is 0 Å². The van der Waals surface area contributed by atoms with E-state index in [-0.39, 0.29) is 13.0 Å². The lowest BCUT2D eigenvalue weighted by molar-refractivity contribution is -0.141. The number of carboxylic acid groups (broad SMARTS) is 1. The first-order valence-corrected chi connectivity index (χ1v) is 5.61. The molecule has 1 saturated heterocycles. The molecule has 0 spiro atoms. The summed E-state index contributed by atoms with van der Waals surface area (Å²) in [4.78, 5) is 24.0. The Hall–Kier alpha value is -2.08. The highest BCUT2D eigenvalue weighted by molar-refractivity contribution is 5.92. The maximum atomic E-state index is 11.9. The van der Waals surface area contributed by atoms with Gasteiger partial charge in [0.1, 0.15) is 6.04 Å². The zero-order valence-electron chi connectivity index (χ0n) is 9.61. The van der Waals surface area contributed by atoms with Crippen molar-refractivity contribution in [3.8, 4) is 0 Å². The van der Waals surface area contributed by atoms with Crippen LogP contribution in [0.25, 0.3) is 0 Å². The Kier molecular flexibility index (Phi) is 3.47. The van der Waals surface area contributed by atoms with Gasteiger partial charge in [0.15, 0.2) is 0 Å². The van der Waals surface area contributed by atoms with Crippen LogP contribution in [0.3, 0.4) is 0 Å². The highest BCUT2D eigenvalue weighted by atomic mass is 16.4. The molecule has 18 heavy (non-hydrogen) atoms. The molecule has 1 aliphatic rings. The molecule has 0 unspecified atom stereocenters. The Morgan fingerprint density at radius 3 is 2.56 bits per heavy atom. The van der Waals surface area contributed by atoms with E-state index in [9.17, 15) is 14.7 Å². The number of carboxylic acids is 1. The van der Waals surface area contributed by atoms with Crippen molar-refractivity contribution in [2.45, 2.75) is 18.6 Å². The summed E-state index contributed by atoms with van der Waals surface area (Å²) in [6.45, 7) is 0.0373. The molecule has 0 radical (unpaired) electrons. The molecular weight excluding hydrogens is 236 g/mol. The van der Waals surface area contributed by atoms with E-state index in [0.717, 1.165) is 4.90 Å². The molecule has 2 atom stereocenters. The zero-order chi connectivity index (χ0) is 13.1. The minimum absolute atomic E-state index is 0.0373. The van der Waals surface area contributed by atoms with Gasteiger partial charge in [-0.1, -0.05) is 18.2 Å². The van der Waals surface area contributed by atoms with Gasteiger partial charge in [0.05, 0.1) is 6.10 Å². The van der Waals surface area contributed by atoms with Crippen LogP contribution in [0, 0.1) is 0 Å². The molecule has 1 aromatic carbocycles. The second-order valence-corrected chi connectivity index (χ2v) is 4.19. The second-order valence-electron chi connectivity index (χ2n) is 4.19. The summed E-state index contributed by atoms with van der Waals surface area (Å²) in [7, 11) is 0. The first kappa shape index (κ1) is 12.4. The van der Waals surface area contributed by atoms with Gasteiger partial charge in [-0.3, -0.25) is 0 Å². The molecule has 0 aromatic heterocycles. The number of carbonyl (C=O) groups excluding carboxylic acids is 1. The molecule has 1 heterocycles. The normalized spacial score (nSPS) is 22.8. The molecule has 1 fully saturated rings. The molecule has 6 nitrogen and oxygen atoms in total. The Morgan fingerprint density at radius 2 is 1.94 bits per heavy atom. The summed E-state index contributed by atoms with van der Waals surface area (Å²) in [6.07, 6.45) is -0.718. The van der Waals surface area contributed by atoms with Gasteiger partial charge in [-0.25, -0.2) is 9.59 Å². The van der Waals surface area contributed by atoms with E-state index < -0.39 is 24.1 Å². The number of amides is 2. The van der Waals surface area contributed by atoms with Crippen molar-refractivity contribution in [1.29, 1.82) is 0 Å². The van der Waals surface area contributed by atoms with Crippen LogP contribution in [-0.2, 0) is 4.79 Å². The standard InChI is InChI=1S/C12H14N2O4/c15-9-6-10(11(16)17)14(7-9)12(18)13-8-4-2-1-3-5-8/h1-5,9-10,15H,6-7H2,(H,13,18)(H,16,17)/t9-,10+/m0/s1. The fourth-order valence-corrected chi connectivity index (χ4v) is 1.99. The molecule has 1 aromatic rings. The first-order chi connectivity index (χ1) is 8.58. The predicted molar refractivity (Wildman–Crippen MR) is 64.2 cm³/mol. The highest BCUT2D eigenvalue weighted by Crippen LogP contribution is 2.19. The molecule has 0 aliphatic carbocycles. The summed E-state index contributed by atoms with van der Waals surface area (Å²) in [6, 6.07) is 7.29. The van der Waals surface area contributed by atoms with Crippen LogP contribution >= 0.6 is 0 Å². The number of β-amino-alcohol motifs (C(OH)–C–C–N with tert-alkyl or cyclic N) is 1. The van der Waals surface area contributed by atoms with Gasteiger partial charge in [-0.2, -0.15) is 0 Å². The maximum absolute atomic E-state index is 11.9. The number of likely N-dealkylation sites (tertiary alicyclic amines) is 1. The quantitative estimate of drug-likeness (QED) is 0.722. The Balaban J connectivity index is 2.06. The molecule has 6 heteroatoms. The van der Waals surface area contributed by atoms with E-state index in [0.29, 0.717) is 5.69 Å². The third-order valence-corrected chi connectivity index (χ3v) is 2.85. The lowest BCUT2D eigenvalue weighted by atomic mass is 10.2. The smallest absolute Gasteiger partial charge is 0.326 e. The van der Waals surface area contributed by atoms with Gasteiger partial charge in [-0.05, 0) is 12.1 Å². The number of para-hydroxylation sites is 1. The zero-order valence-corrected chi connectivity index (χ0v) is 9.61. The summed E-state index contributed by atoms with van der Waals surface area (Å²) >= 11 is 0. The SMILES string of the molecule is O=C(O)[C@H]1C[C@H](O)CN1C(=O)Nc1ccccc1. The molecule has 2 rings (SSSR count). The Morgan fingerprint density at radius 1 is 1.28 bits per heavy atom. The van der Waals surface area contributed by atoms with Gasteiger partial charge in [0.2, 0.25) is 0 Å². The van der Waals surface area contributed by atoms with E-state index in [4.69, 9.17) is 5.11 Å². The van der Waals surface area contributed by atoms with Gasteiger partial charge < -0.3 is 20.4 Å². The second kappa shape index (κ2) is 5.05. The maximum Gasteiger partial charge on any atom is 0.326 e. The van der Waals surface area contributed by atoms with Gasteiger partial charge in [0, 0.05) is 18.7 Å². The minimum Gasteiger partial charge on any atom is -0.480 e. The molecule has 3 N–H and O–H groups in total. The van der Waals surface area contributed by atoms with E-state index in [1.807, 2.05) is 6.07 Å². The third-order valence-electron chi connectivity index (χ3n) is 2.85. The molecule has 0 bridgehead atoms. The number of aliphatic hydroxyl groups is 1. The topological polar surface area (TPSA) is 89.9 Å². The van der Waals surface area contributed by atoms with Crippen LogP contribution in [-0.4, -0.2) is 45.8 Å². The molecule has 0 saturated carbocycles. The summed E-state index contributed by atoms with van der Waals surface area (Å²) in [5.74, 6) is -1.10. The van der Waals surface area contributed by atoms with Crippen LogP contribution in [0.2, 0.25) is 0 Å². The van der Waals surface area contributed by atoms with Crippen molar-refractivity contribution in [2.75, 3.05) is 11.9 Å². The van der Waals surface area contributed by atoms with Crippen LogP contribution in [0.15, 0.2) is 30.3 Å². The largest absolute Gasteiger partial charge is 0.480 e. The molecule has 2 amide bonds. The fraction of sp³-hybridized carbons (Fsp3) is 0.333. The number of aliphatic carboxylic acids is 1. The van der Waals surface area contributed by atoms with Crippen LogP contribution < -0.4 is 5.32 Å². The number of anilines is 1. The fourth-order valence-electron chi connectivity index (χ4n) is 1.99. The number of aliphatic hydroxyl groups excluding tert-OH is 1. The van der Waals surface area contributed by atoms with Crippen LogP contribution in [0.1, 0.15) is 6.42 Å². The van der Waals surface area contributed by atoms with Crippen LogP contribution in [0.4, 0.5) is 10.5 Å². The van der Waals surface area contributed by atoms with Crippen molar-refractivity contribution in [1.82, 2.24) is 4.90 Å². The predicted octanol–water partition coefficient (Wildman–Crippen LogP) is 0.738. The van der Waals surface area contributed by atoms with Crippen molar-refractivity contribution < 1.29 is 19.8 Å². The van der Waals surface area contributed by atoms with Crippen molar-refractivity contribution in [3.63, 3.8) is 0 Å². The summed E-state index contributed by atoms with van der Waals surface area (Å²) in [5, 5.41) is 21.0. The van der Waals surface area contributed by atoms with Crippen molar-refractivity contribution >= 4 is 17.7 Å². The lowest BCUT2D eigenvalue weighted by Gasteiger charge is -2.21. The number of hydrogen-bond donors (Lipinski definition) is 3. The average Bonchev–Trinajstić information content (AvgIpc) is 2.73. The van der Waals surface area contributed by atoms with E-state index in [1.54, 1.807) is 24.3 Å². The van der Waals surface area contributed by atoms with Gasteiger partial charge >= 0.3 is 12.0 Å². The number of urea groups is 1. The summed E-state index contributed by atoms with van der Waals surface area (Å²) in [5.41, 5.74) is 0.591. The number of carbonyl (C=O) groups is 2. The summed E-state index contributed by atoms with van der Waals surface area (Å²) < 4.78 is 0. The molecule has 1 aliphatic heterocycles. The van der Waals surface area contributed by atoms with Crippen molar-refractivity contribution in [2.24, 2.45) is 0 Å². The Bertz CT molecular complexity index is 449. The van der Waals surface area contributed by atoms with Crippen LogP contribution in [0.5, 0.6) is 0 Å². The third kappa shape index (κ3) is 2.60. The number of rotatable bonds is 2. The number of benzene rings is 1. The monoisotopic (exact) mass is 250 g/mol. The van der Waals surface area contributed by atoms with E-state index in [1.165, 1.54) is 0 Å². The van der Waals surface area contributed by atoms with E-state index >= 15 is 0 Å². The Labute approximate surface area is 104 Å². The molecular formula is C12H14N2O4. The lowest BCUT2D eigenvalue weighted by Crippen LogP contribution is -2.43. The van der Waals surface area contributed by atoms with Crippen molar-refractivity contribution in [3.05, 3.63) is 30.3 Å². The first-order valence-electron chi connectivity index (χ1n) is 5.61. The average molecular weight is 250 g/mol. The minimum atomic E-state index is -1.10. The number of nitrogens with one attached hydrogen (secondary N) is 1.